The van der Waals surface area contributed by atoms with Crippen molar-refractivity contribution < 1.29 is 4.79 Å². The number of thiophene rings is 1. The maximum absolute atomic E-state index is 12.0. The zero-order chi connectivity index (χ0) is 13.7. The Balaban J connectivity index is 1.84. The van der Waals surface area contributed by atoms with Crippen molar-refractivity contribution >= 4 is 22.9 Å². The van der Waals surface area contributed by atoms with Crippen molar-refractivity contribution in [3.63, 3.8) is 0 Å². The van der Waals surface area contributed by atoms with Crippen LogP contribution in [-0.4, -0.2) is 17.9 Å². The van der Waals surface area contributed by atoms with E-state index in [0.717, 1.165) is 17.7 Å². The Morgan fingerprint density at radius 2 is 2.16 bits per heavy atom. The summed E-state index contributed by atoms with van der Waals surface area (Å²) in [4.78, 5) is 15.0. The van der Waals surface area contributed by atoms with Gasteiger partial charge < -0.3 is 10.6 Å². The number of aryl methyl sites for hydroxylation is 1. The summed E-state index contributed by atoms with van der Waals surface area (Å²) in [5.41, 5.74) is 7.58. The SMILES string of the molecule is CN(Cc1cccs1)C(=O)CCc1cccc(N)c1. The molecule has 0 atom stereocenters. The van der Waals surface area contributed by atoms with Gasteiger partial charge in [0.1, 0.15) is 0 Å². The minimum atomic E-state index is 0.163. The molecule has 1 aromatic heterocycles. The van der Waals surface area contributed by atoms with E-state index in [-0.39, 0.29) is 5.91 Å². The minimum absolute atomic E-state index is 0.163. The second-order valence-electron chi connectivity index (χ2n) is 4.57. The second kappa shape index (κ2) is 6.38. The van der Waals surface area contributed by atoms with Crippen LogP contribution >= 0.6 is 11.3 Å². The molecule has 1 amide bonds. The van der Waals surface area contributed by atoms with Crippen molar-refractivity contribution in [2.75, 3.05) is 12.8 Å². The van der Waals surface area contributed by atoms with Crippen molar-refractivity contribution in [3.05, 3.63) is 52.2 Å². The molecule has 0 aliphatic rings. The van der Waals surface area contributed by atoms with Crippen molar-refractivity contribution in [2.45, 2.75) is 19.4 Å². The van der Waals surface area contributed by atoms with Crippen LogP contribution in [0.2, 0.25) is 0 Å². The summed E-state index contributed by atoms with van der Waals surface area (Å²) < 4.78 is 0. The van der Waals surface area contributed by atoms with Gasteiger partial charge in [-0.05, 0) is 35.6 Å². The van der Waals surface area contributed by atoms with Gasteiger partial charge in [0.25, 0.3) is 0 Å². The molecule has 19 heavy (non-hydrogen) atoms. The Bertz CT molecular complexity index is 537. The molecule has 0 fully saturated rings. The lowest BCUT2D eigenvalue weighted by Gasteiger charge is -2.16. The number of nitrogen functional groups attached to an aromatic ring is 1. The molecule has 0 bridgehead atoms. The molecule has 0 unspecified atom stereocenters. The van der Waals surface area contributed by atoms with E-state index in [1.807, 2.05) is 48.8 Å². The summed E-state index contributed by atoms with van der Waals surface area (Å²) in [5, 5.41) is 2.03. The van der Waals surface area contributed by atoms with E-state index in [4.69, 9.17) is 5.73 Å². The monoisotopic (exact) mass is 274 g/mol. The van der Waals surface area contributed by atoms with Crippen LogP contribution in [0.5, 0.6) is 0 Å². The Hall–Kier alpha value is -1.81. The van der Waals surface area contributed by atoms with E-state index in [0.29, 0.717) is 13.0 Å². The molecule has 4 heteroatoms. The summed E-state index contributed by atoms with van der Waals surface area (Å²) in [6.07, 6.45) is 1.25. The van der Waals surface area contributed by atoms with Gasteiger partial charge in [0.2, 0.25) is 5.91 Å². The van der Waals surface area contributed by atoms with E-state index in [9.17, 15) is 4.79 Å². The molecule has 1 aromatic carbocycles. The molecule has 3 nitrogen and oxygen atoms in total. The Labute approximate surface area is 117 Å². The fourth-order valence-electron chi connectivity index (χ4n) is 1.92. The smallest absolute Gasteiger partial charge is 0.222 e. The molecule has 1 heterocycles. The number of nitrogens with two attached hydrogens (primary N) is 1. The minimum Gasteiger partial charge on any atom is -0.399 e. The van der Waals surface area contributed by atoms with E-state index in [1.54, 1.807) is 16.2 Å². The number of carbonyl (C=O) groups excluding carboxylic acids is 1. The van der Waals surface area contributed by atoms with Crippen molar-refractivity contribution in [2.24, 2.45) is 0 Å². The molecule has 0 saturated heterocycles. The van der Waals surface area contributed by atoms with Crippen LogP contribution in [0.3, 0.4) is 0 Å². The standard InChI is InChI=1S/C15H18N2OS/c1-17(11-14-6-3-9-19-14)15(18)8-7-12-4-2-5-13(16)10-12/h2-6,9-10H,7-8,11,16H2,1H3. The largest absolute Gasteiger partial charge is 0.399 e. The lowest BCUT2D eigenvalue weighted by Crippen LogP contribution is -2.25. The second-order valence-corrected chi connectivity index (χ2v) is 5.61. The van der Waals surface area contributed by atoms with Crippen LogP contribution in [0.25, 0.3) is 0 Å². The molecule has 0 aliphatic heterocycles. The molecule has 0 aliphatic carbocycles. The van der Waals surface area contributed by atoms with Crippen LogP contribution < -0.4 is 5.73 Å². The summed E-state index contributed by atoms with van der Waals surface area (Å²) >= 11 is 1.67. The van der Waals surface area contributed by atoms with E-state index >= 15 is 0 Å². The Morgan fingerprint density at radius 3 is 2.84 bits per heavy atom. The fraction of sp³-hybridized carbons (Fsp3) is 0.267. The zero-order valence-electron chi connectivity index (χ0n) is 11.0. The van der Waals surface area contributed by atoms with Gasteiger partial charge in [-0.3, -0.25) is 4.79 Å². The number of hydrogen-bond donors (Lipinski definition) is 1. The predicted octanol–water partition coefficient (Wildman–Crippen LogP) is 2.92. The maximum atomic E-state index is 12.0. The molecule has 2 N–H and O–H groups in total. The molecule has 0 spiro atoms. The highest BCUT2D eigenvalue weighted by molar-refractivity contribution is 7.09. The summed E-state index contributed by atoms with van der Waals surface area (Å²) in [7, 11) is 1.85. The lowest BCUT2D eigenvalue weighted by atomic mass is 10.1. The highest BCUT2D eigenvalue weighted by Gasteiger charge is 2.09. The van der Waals surface area contributed by atoms with Crippen molar-refractivity contribution in [3.8, 4) is 0 Å². The highest BCUT2D eigenvalue weighted by Crippen LogP contribution is 2.13. The average Bonchev–Trinajstić information content (AvgIpc) is 2.89. The predicted molar refractivity (Wildman–Crippen MR) is 80.0 cm³/mol. The molecular formula is C15H18N2OS. The van der Waals surface area contributed by atoms with Gasteiger partial charge in [-0.2, -0.15) is 0 Å². The van der Waals surface area contributed by atoms with Crippen LogP contribution in [-0.2, 0) is 17.8 Å². The van der Waals surface area contributed by atoms with E-state index < -0.39 is 0 Å². The quantitative estimate of drug-likeness (QED) is 0.852. The number of amides is 1. The van der Waals surface area contributed by atoms with Gasteiger partial charge in [0.05, 0.1) is 6.54 Å². The van der Waals surface area contributed by atoms with Crippen LogP contribution in [0.15, 0.2) is 41.8 Å². The first-order valence-electron chi connectivity index (χ1n) is 6.26. The number of hydrogen-bond acceptors (Lipinski definition) is 3. The molecule has 100 valence electrons. The Kier molecular flexibility index (Phi) is 4.58. The average molecular weight is 274 g/mol. The van der Waals surface area contributed by atoms with Crippen molar-refractivity contribution in [1.82, 2.24) is 4.90 Å². The normalized spacial score (nSPS) is 10.4. The zero-order valence-corrected chi connectivity index (χ0v) is 11.8. The van der Waals surface area contributed by atoms with Gasteiger partial charge in [-0.1, -0.05) is 18.2 Å². The van der Waals surface area contributed by atoms with E-state index in [1.165, 1.54) is 4.88 Å². The third-order valence-electron chi connectivity index (χ3n) is 2.98. The Morgan fingerprint density at radius 1 is 1.32 bits per heavy atom. The first-order chi connectivity index (χ1) is 9.15. The first-order valence-corrected chi connectivity index (χ1v) is 7.14. The number of anilines is 1. The third-order valence-corrected chi connectivity index (χ3v) is 3.84. The van der Waals surface area contributed by atoms with Crippen LogP contribution in [0.4, 0.5) is 5.69 Å². The number of carbonyl (C=O) groups is 1. The number of benzene rings is 1. The lowest BCUT2D eigenvalue weighted by molar-refractivity contribution is -0.130. The molecular weight excluding hydrogens is 256 g/mol. The number of rotatable bonds is 5. The van der Waals surface area contributed by atoms with Gasteiger partial charge in [0, 0.05) is 24.0 Å². The topological polar surface area (TPSA) is 46.3 Å². The van der Waals surface area contributed by atoms with Gasteiger partial charge in [-0.25, -0.2) is 0 Å². The maximum Gasteiger partial charge on any atom is 0.222 e. The molecule has 0 saturated carbocycles. The van der Waals surface area contributed by atoms with Gasteiger partial charge >= 0.3 is 0 Å². The summed E-state index contributed by atoms with van der Waals surface area (Å²) in [6, 6.07) is 11.8. The molecule has 2 aromatic rings. The summed E-state index contributed by atoms with van der Waals surface area (Å²) in [5.74, 6) is 0.163. The highest BCUT2D eigenvalue weighted by atomic mass is 32.1. The van der Waals surface area contributed by atoms with Gasteiger partial charge in [-0.15, -0.1) is 11.3 Å². The first kappa shape index (κ1) is 13.6. The summed E-state index contributed by atoms with van der Waals surface area (Å²) in [6.45, 7) is 0.688. The fourth-order valence-corrected chi connectivity index (χ4v) is 2.67. The number of nitrogens with zero attached hydrogens (tertiary/aromatic N) is 1. The molecule has 0 radical (unpaired) electrons. The van der Waals surface area contributed by atoms with E-state index in [2.05, 4.69) is 0 Å². The van der Waals surface area contributed by atoms with Gasteiger partial charge in [0.15, 0.2) is 0 Å². The molecule has 2 rings (SSSR count). The van der Waals surface area contributed by atoms with Crippen molar-refractivity contribution in [1.29, 1.82) is 0 Å². The van der Waals surface area contributed by atoms with Crippen LogP contribution in [0, 0.1) is 0 Å². The van der Waals surface area contributed by atoms with Crippen LogP contribution in [0.1, 0.15) is 16.9 Å². The third kappa shape index (κ3) is 4.10.